The molecule has 1 fully saturated rings. The summed E-state index contributed by atoms with van der Waals surface area (Å²) in [5, 5.41) is 11.6. The number of rotatable bonds is 5. The third-order valence-corrected chi connectivity index (χ3v) is 3.52. The predicted molar refractivity (Wildman–Crippen MR) is 77.8 cm³/mol. The van der Waals surface area contributed by atoms with Crippen molar-refractivity contribution in [3.63, 3.8) is 0 Å². The number of hydrogen-bond acceptors (Lipinski definition) is 5. The largest absolute Gasteiger partial charge is 0.467 e. The Bertz CT molecular complexity index is 588. The molecule has 2 rings (SSSR count). The van der Waals surface area contributed by atoms with Crippen LogP contribution in [0.25, 0.3) is 0 Å². The van der Waals surface area contributed by atoms with Gasteiger partial charge in [0.2, 0.25) is 5.91 Å². The van der Waals surface area contributed by atoms with Crippen LogP contribution in [0.15, 0.2) is 24.3 Å². The first-order valence-electron chi connectivity index (χ1n) is 7.13. The Hall–Kier alpha value is -2.39. The maximum atomic E-state index is 12.1. The zero-order chi connectivity index (χ0) is 15.9. The van der Waals surface area contributed by atoms with Crippen molar-refractivity contribution >= 4 is 11.9 Å². The van der Waals surface area contributed by atoms with Gasteiger partial charge in [-0.3, -0.25) is 4.79 Å². The van der Waals surface area contributed by atoms with Crippen molar-refractivity contribution in [1.82, 2.24) is 5.32 Å². The van der Waals surface area contributed by atoms with E-state index in [4.69, 9.17) is 14.7 Å². The average Bonchev–Trinajstić information content (AvgIpc) is 3.08. The van der Waals surface area contributed by atoms with E-state index in [1.165, 1.54) is 7.11 Å². The molecule has 116 valence electrons. The lowest BCUT2D eigenvalue weighted by molar-refractivity contribution is -0.146. The minimum atomic E-state index is -0.796. The molecular weight excluding hydrogens is 284 g/mol. The van der Waals surface area contributed by atoms with Crippen molar-refractivity contribution in [3.8, 4) is 6.07 Å². The van der Waals surface area contributed by atoms with Crippen molar-refractivity contribution in [3.05, 3.63) is 35.4 Å². The molecule has 0 radical (unpaired) electrons. The van der Waals surface area contributed by atoms with Crippen LogP contribution < -0.4 is 5.32 Å². The number of benzene rings is 1. The first-order chi connectivity index (χ1) is 10.6. The molecule has 1 heterocycles. The number of nitrogens with one attached hydrogen (secondary N) is 1. The normalized spacial score (nSPS) is 18.3. The van der Waals surface area contributed by atoms with E-state index in [2.05, 4.69) is 5.32 Å². The minimum Gasteiger partial charge on any atom is -0.467 e. The molecule has 22 heavy (non-hydrogen) atoms. The molecule has 0 aromatic heterocycles. The van der Waals surface area contributed by atoms with Gasteiger partial charge in [0, 0.05) is 13.0 Å². The maximum Gasteiger partial charge on any atom is 0.328 e. The molecule has 2 atom stereocenters. The van der Waals surface area contributed by atoms with Crippen molar-refractivity contribution in [2.24, 2.45) is 0 Å². The van der Waals surface area contributed by atoms with Gasteiger partial charge in [0.15, 0.2) is 0 Å². The van der Waals surface area contributed by atoms with Gasteiger partial charge >= 0.3 is 5.97 Å². The Morgan fingerprint density at radius 3 is 3.00 bits per heavy atom. The summed E-state index contributed by atoms with van der Waals surface area (Å²) in [4.78, 5) is 24.0. The van der Waals surface area contributed by atoms with E-state index in [0.717, 1.165) is 12.0 Å². The summed E-state index contributed by atoms with van der Waals surface area (Å²) < 4.78 is 10.1. The van der Waals surface area contributed by atoms with E-state index in [1.807, 2.05) is 6.07 Å². The third kappa shape index (κ3) is 4.06. The van der Waals surface area contributed by atoms with Crippen LogP contribution in [0.1, 0.15) is 24.0 Å². The van der Waals surface area contributed by atoms with Crippen LogP contribution in [-0.4, -0.2) is 37.7 Å². The number of nitriles is 1. The number of ether oxygens (including phenoxy) is 2. The summed E-state index contributed by atoms with van der Waals surface area (Å²) in [6, 6.07) is 8.16. The van der Waals surface area contributed by atoms with Gasteiger partial charge in [-0.15, -0.1) is 0 Å². The highest BCUT2D eigenvalue weighted by Gasteiger charge is 2.28. The average molecular weight is 302 g/mol. The fourth-order valence-electron chi connectivity index (χ4n) is 2.39. The third-order valence-electron chi connectivity index (χ3n) is 3.52. The van der Waals surface area contributed by atoms with Crippen LogP contribution in [0.4, 0.5) is 0 Å². The first-order valence-corrected chi connectivity index (χ1v) is 7.13. The molecule has 1 aromatic carbocycles. The zero-order valence-electron chi connectivity index (χ0n) is 12.4. The highest BCUT2D eigenvalue weighted by Crippen LogP contribution is 2.13. The Morgan fingerprint density at radius 1 is 1.55 bits per heavy atom. The highest BCUT2D eigenvalue weighted by atomic mass is 16.5. The summed E-state index contributed by atoms with van der Waals surface area (Å²) in [6.07, 6.45) is 1.26. The van der Waals surface area contributed by atoms with E-state index >= 15 is 0 Å². The molecule has 1 aliphatic rings. The maximum absolute atomic E-state index is 12.1. The lowest BCUT2D eigenvalue weighted by atomic mass is 10.0. The fraction of sp³-hybridized carbons (Fsp3) is 0.438. The highest BCUT2D eigenvalue weighted by molar-refractivity contribution is 5.87. The molecule has 6 heteroatoms. The van der Waals surface area contributed by atoms with E-state index in [9.17, 15) is 9.59 Å². The quantitative estimate of drug-likeness (QED) is 0.818. The van der Waals surface area contributed by atoms with Crippen molar-refractivity contribution < 1.29 is 19.1 Å². The van der Waals surface area contributed by atoms with E-state index in [-0.39, 0.29) is 12.3 Å². The van der Waals surface area contributed by atoms with Crippen LogP contribution in [0, 0.1) is 11.3 Å². The molecule has 0 unspecified atom stereocenters. The van der Waals surface area contributed by atoms with Gasteiger partial charge in [0.25, 0.3) is 0 Å². The molecule has 0 bridgehead atoms. The Labute approximate surface area is 129 Å². The van der Waals surface area contributed by atoms with Gasteiger partial charge in [-0.25, -0.2) is 4.79 Å². The van der Waals surface area contributed by atoms with Gasteiger partial charge in [-0.1, -0.05) is 12.1 Å². The second kappa shape index (κ2) is 7.57. The molecule has 1 aliphatic heterocycles. The Morgan fingerprint density at radius 2 is 2.36 bits per heavy atom. The number of carbonyl (C=O) groups excluding carboxylic acids is 2. The van der Waals surface area contributed by atoms with E-state index < -0.39 is 18.1 Å². The summed E-state index contributed by atoms with van der Waals surface area (Å²) in [7, 11) is 1.28. The molecular formula is C16H18N2O4. The zero-order valence-corrected chi connectivity index (χ0v) is 12.4. The van der Waals surface area contributed by atoms with Crippen LogP contribution in [0.2, 0.25) is 0 Å². The fourth-order valence-corrected chi connectivity index (χ4v) is 2.39. The lowest BCUT2D eigenvalue weighted by Crippen LogP contribution is -2.47. The molecule has 1 aromatic rings. The van der Waals surface area contributed by atoms with Crippen LogP contribution in [0.3, 0.4) is 0 Å². The number of hydrogen-bond donors (Lipinski definition) is 1. The van der Waals surface area contributed by atoms with Crippen LogP contribution in [0.5, 0.6) is 0 Å². The van der Waals surface area contributed by atoms with Gasteiger partial charge < -0.3 is 14.8 Å². The first kappa shape index (κ1) is 16.0. The molecule has 1 N–H and O–H groups in total. The summed E-state index contributed by atoms with van der Waals surface area (Å²) in [5.41, 5.74) is 1.29. The van der Waals surface area contributed by atoms with Gasteiger partial charge in [-0.05, 0) is 30.5 Å². The Balaban J connectivity index is 2.07. The van der Waals surface area contributed by atoms with E-state index in [0.29, 0.717) is 18.6 Å². The molecule has 0 aliphatic carbocycles. The van der Waals surface area contributed by atoms with Crippen LogP contribution in [-0.2, 0) is 25.5 Å². The van der Waals surface area contributed by atoms with Crippen molar-refractivity contribution in [1.29, 1.82) is 5.26 Å². The van der Waals surface area contributed by atoms with Gasteiger partial charge in [-0.2, -0.15) is 5.26 Å². The number of nitrogens with zero attached hydrogens (tertiary/aromatic N) is 1. The molecule has 0 saturated carbocycles. The second-order valence-electron chi connectivity index (χ2n) is 5.10. The summed E-state index contributed by atoms with van der Waals surface area (Å²) in [6.45, 7) is 0.561. The minimum absolute atomic E-state index is 0.265. The predicted octanol–water partition coefficient (Wildman–Crippen LogP) is 0.938. The number of amides is 1. The monoisotopic (exact) mass is 302 g/mol. The van der Waals surface area contributed by atoms with E-state index in [1.54, 1.807) is 24.3 Å². The van der Waals surface area contributed by atoms with Crippen LogP contribution >= 0.6 is 0 Å². The number of methoxy groups -OCH3 is 1. The van der Waals surface area contributed by atoms with Gasteiger partial charge in [0.05, 0.1) is 18.7 Å². The molecule has 1 amide bonds. The molecule has 1 saturated heterocycles. The summed E-state index contributed by atoms with van der Waals surface area (Å²) in [5.74, 6) is -0.821. The number of esters is 1. The van der Waals surface area contributed by atoms with Crippen molar-refractivity contribution in [2.45, 2.75) is 31.4 Å². The Kier molecular flexibility index (Phi) is 5.50. The van der Waals surface area contributed by atoms with Crippen molar-refractivity contribution in [2.75, 3.05) is 13.7 Å². The smallest absolute Gasteiger partial charge is 0.328 e. The topological polar surface area (TPSA) is 88.4 Å². The molecule has 0 spiro atoms. The summed E-state index contributed by atoms with van der Waals surface area (Å²) >= 11 is 0. The van der Waals surface area contributed by atoms with Gasteiger partial charge in [0.1, 0.15) is 12.1 Å². The SMILES string of the molecule is COC(=O)[C@H](Cc1cccc(C#N)c1)NC(=O)[C@@H]1CCCO1. The standard InChI is InChI=1S/C16H18N2O4/c1-21-16(20)13(18-15(19)14-6-3-7-22-14)9-11-4-2-5-12(8-11)10-17/h2,4-5,8,13-14H,3,6-7,9H2,1H3,(H,18,19)/t13-,14-/m0/s1. The lowest BCUT2D eigenvalue weighted by Gasteiger charge is -2.18. The molecule has 6 nitrogen and oxygen atoms in total. The number of carbonyl (C=O) groups is 2. The second-order valence-corrected chi connectivity index (χ2v) is 5.10.